The van der Waals surface area contributed by atoms with Gasteiger partial charge < -0.3 is 0 Å². The van der Waals surface area contributed by atoms with Crippen molar-refractivity contribution >= 4 is 8.19 Å². The number of aryl methyl sites for hydroxylation is 1. The summed E-state index contributed by atoms with van der Waals surface area (Å²) in [5.74, 6) is 1.85. The van der Waals surface area contributed by atoms with Gasteiger partial charge in [0, 0.05) is 5.69 Å². The maximum atomic E-state index is 10.4. The Morgan fingerprint density at radius 2 is 2.50 bits per heavy atom. The van der Waals surface area contributed by atoms with Crippen LogP contribution in [0.3, 0.4) is 0 Å². The fourth-order valence-corrected chi connectivity index (χ4v) is 1.17. The summed E-state index contributed by atoms with van der Waals surface area (Å²) in [7, 11) is 0.254. The topological polar surface area (TPSA) is 30.0 Å². The summed E-state index contributed by atoms with van der Waals surface area (Å²) in [6.45, 7) is 1.82. The monoisotopic (exact) mass is 127 g/mol. The Hall–Kier alpha value is -0.620. The van der Waals surface area contributed by atoms with E-state index in [4.69, 9.17) is 0 Å². The molecule has 2 nitrogen and oxygen atoms in total. The molecule has 0 saturated heterocycles. The Bertz CT molecular complexity index is 230. The predicted molar refractivity (Wildman–Crippen MR) is 34.7 cm³/mol. The van der Waals surface area contributed by atoms with E-state index in [1.54, 1.807) is 0 Å². The minimum Gasteiger partial charge on any atom is -0.263 e. The van der Waals surface area contributed by atoms with E-state index in [2.05, 4.69) is 4.98 Å². The zero-order valence-corrected chi connectivity index (χ0v) is 5.51. The summed E-state index contributed by atoms with van der Waals surface area (Å²) in [5.41, 5.74) is 0.814. The van der Waals surface area contributed by atoms with Gasteiger partial charge in [0.25, 0.3) is 5.29 Å². The Kier molecular flexibility index (Phi) is 1.45. The molecule has 0 fully saturated rings. The molecule has 0 saturated carbocycles. The summed E-state index contributed by atoms with van der Waals surface area (Å²) in [4.78, 5) is 14.1. The molecule has 3 heteroatoms. The lowest BCUT2D eigenvalue weighted by Gasteiger charge is -1.81. The van der Waals surface area contributed by atoms with Crippen molar-refractivity contribution in [2.24, 2.45) is 0 Å². The molecule has 0 aromatic carbocycles. The number of aromatic nitrogens is 1. The lowest BCUT2D eigenvalue weighted by atomic mass is 10.5. The van der Waals surface area contributed by atoms with Gasteiger partial charge in [0.05, 0.1) is 0 Å². The largest absolute Gasteiger partial charge is 0.284 e. The molecule has 1 heterocycles. The van der Waals surface area contributed by atoms with E-state index >= 15 is 0 Å². The van der Waals surface area contributed by atoms with E-state index in [1.165, 1.54) is 0 Å². The molecule has 0 aliphatic heterocycles. The first-order valence-corrected chi connectivity index (χ1v) is 3.39. The second kappa shape index (κ2) is 2.10. The zero-order valence-electron chi connectivity index (χ0n) is 4.51. The van der Waals surface area contributed by atoms with E-state index in [-0.39, 0.29) is 13.5 Å². The van der Waals surface area contributed by atoms with Crippen LogP contribution in [0.2, 0.25) is 0 Å². The Labute approximate surface area is 48.7 Å². The van der Waals surface area contributed by atoms with Gasteiger partial charge in [-0.1, -0.05) is 8.19 Å². The molecule has 0 aliphatic carbocycles. The smallest absolute Gasteiger partial charge is 0.263 e. The molecule has 8 heavy (non-hydrogen) atoms. The minimum atomic E-state index is -0.00926. The van der Waals surface area contributed by atoms with Crippen LogP contribution in [0.4, 0.5) is 0 Å². The van der Waals surface area contributed by atoms with Crippen molar-refractivity contribution in [3.8, 4) is 0 Å². The molecule has 0 radical (unpaired) electrons. The van der Waals surface area contributed by atoms with Gasteiger partial charge in [-0.3, -0.25) is 4.79 Å². The highest BCUT2D eigenvalue weighted by atomic mass is 31.0. The number of hydrogen-bond donors (Lipinski definition) is 0. The Morgan fingerprint density at radius 3 is 2.88 bits per heavy atom. The fraction of sp³-hybridized carbons (Fsp3) is 0.200. The molecule has 1 aromatic rings. The highest BCUT2D eigenvalue weighted by Gasteiger charge is 1.81. The molecule has 1 aromatic heterocycles. The molecule has 1 rings (SSSR count). The molecule has 0 aliphatic rings. The molecule has 0 spiro atoms. The molecular formula is C5H6NOP. The summed E-state index contributed by atoms with van der Waals surface area (Å²) in [6, 6.07) is 1.86. The number of rotatable bonds is 0. The summed E-state index contributed by atoms with van der Waals surface area (Å²) in [6.07, 6.45) is 0. The van der Waals surface area contributed by atoms with Crippen LogP contribution in [0.25, 0.3) is 0 Å². The molecule has 0 N–H and O–H groups in total. The maximum absolute atomic E-state index is 10.4. The Balaban J connectivity index is 3.28. The van der Waals surface area contributed by atoms with Crippen LogP contribution < -0.4 is 5.29 Å². The van der Waals surface area contributed by atoms with Gasteiger partial charge >= 0.3 is 0 Å². The van der Waals surface area contributed by atoms with Gasteiger partial charge in [-0.2, -0.15) is 0 Å². The van der Waals surface area contributed by atoms with Crippen LogP contribution in [-0.2, 0) is 0 Å². The normalized spacial score (nSPS) is 10.1. The first kappa shape index (κ1) is 5.52. The SMILES string of the molecule is Cc1cc[pH]c(=O)n1. The van der Waals surface area contributed by atoms with Crippen LogP contribution in [0.15, 0.2) is 16.7 Å². The highest BCUT2D eigenvalue weighted by Crippen LogP contribution is 1.92. The van der Waals surface area contributed by atoms with Gasteiger partial charge in [-0.25, -0.2) is 4.98 Å². The van der Waals surface area contributed by atoms with Gasteiger partial charge in [-0.05, 0) is 18.8 Å². The van der Waals surface area contributed by atoms with Crippen molar-refractivity contribution in [2.75, 3.05) is 0 Å². The quantitative estimate of drug-likeness (QED) is 0.515. The molecule has 0 bridgehead atoms. The fourth-order valence-electron chi connectivity index (χ4n) is 0.463. The molecule has 1 unspecified atom stereocenters. The first-order chi connectivity index (χ1) is 3.79. The van der Waals surface area contributed by atoms with E-state index in [1.807, 2.05) is 18.8 Å². The van der Waals surface area contributed by atoms with Crippen molar-refractivity contribution < 1.29 is 0 Å². The lowest BCUT2D eigenvalue weighted by molar-refractivity contribution is 1.19. The average molecular weight is 127 g/mol. The van der Waals surface area contributed by atoms with E-state index in [0.29, 0.717) is 0 Å². The van der Waals surface area contributed by atoms with Crippen LogP contribution in [0.5, 0.6) is 0 Å². The second-order valence-corrected chi connectivity index (χ2v) is 2.59. The lowest BCUT2D eigenvalue weighted by Crippen LogP contribution is -1.97. The van der Waals surface area contributed by atoms with Gasteiger partial charge in [0.15, 0.2) is 0 Å². The molecule has 42 valence electrons. The van der Waals surface area contributed by atoms with Gasteiger partial charge in [0.2, 0.25) is 0 Å². The van der Waals surface area contributed by atoms with Crippen LogP contribution in [0.1, 0.15) is 5.69 Å². The summed E-state index contributed by atoms with van der Waals surface area (Å²) >= 11 is 0. The molecule has 0 amide bonds. The molecular weight excluding hydrogens is 121 g/mol. The van der Waals surface area contributed by atoms with Gasteiger partial charge in [0.1, 0.15) is 0 Å². The van der Waals surface area contributed by atoms with Crippen molar-refractivity contribution in [3.05, 3.63) is 27.6 Å². The first-order valence-electron chi connectivity index (χ1n) is 2.31. The van der Waals surface area contributed by atoms with Crippen LogP contribution in [0, 0.1) is 6.92 Å². The third kappa shape index (κ3) is 1.17. The van der Waals surface area contributed by atoms with Crippen LogP contribution in [-0.4, -0.2) is 4.98 Å². The van der Waals surface area contributed by atoms with Crippen molar-refractivity contribution in [1.82, 2.24) is 4.98 Å². The summed E-state index contributed by atoms with van der Waals surface area (Å²) < 4.78 is 0. The maximum Gasteiger partial charge on any atom is 0.284 e. The third-order valence-corrected chi connectivity index (χ3v) is 1.50. The zero-order chi connectivity index (χ0) is 5.98. The van der Waals surface area contributed by atoms with Crippen molar-refractivity contribution in [1.29, 1.82) is 0 Å². The van der Waals surface area contributed by atoms with Crippen molar-refractivity contribution in [2.45, 2.75) is 6.92 Å². The van der Waals surface area contributed by atoms with Gasteiger partial charge in [-0.15, -0.1) is 0 Å². The standard InChI is InChI=1S/C5H6NOP/c1-4-2-3-8-5(7)6-4/h2-3,8H,1H3. The third-order valence-electron chi connectivity index (χ3n) is 0.809. The number of nitrogens with zero attached hydrogens (tertiary/aromatic N) is 1. The second-order valence-electron chi connectivity index (χ2n) is 1.54. The predicted octanol–water partition coefficient (Wildman–Crippen LogP) is 0.782. The summed E-state index contributed by atoms with van der Waals surface area (Å²) in [5, 5.41) is -0.00926. The Morgan fingerprint density at radius 1 is 1.75 bits per heavy atom. The van der Waals surface area contributed by atoms with E-state index < -0.39 is 0 Å². The number of hydrogen-bond acceptors (Lipinski definition) is 2. The van der Waals surface area contributed by atoms with E-state index in [0.717, 1.165) is 5.69 Å². The minimum absolute atomic E-state index is 0.00926. The van der Waals surface area contributed by atoms with Crippen LogP contribution >= 0.6 is 8.19 Å². The highest BCUT2D eigenvalue weighted by molar-refractivity contribution is 7.27. The molecule has 1 atom stereocenters. The average Bonchev–Trinajstić information content (AvgIpc) is 1.64. The van der Waals surface area contributed by atoms with E-state index in [9.17, 15) is 4.79 Å². The van der Waals surface area contributed by atoms with Crippen molar-refractivity contribution in [3.63, 3.8) is 0 Å².